The van der Waals surface area contributed by atoms with E-state index < -0.39 is 6.10 Å². The number of nitrogens with one attached hydrogen (secondary N) is 1. The first-order valence-electron chi connectivity index (χ1n) is 9.80. The van der Waals surface area contributed by atoms with Crippen molar-refractivity contribution >= 4 is 11.6 Å². The van der Waals surface area contributed by atoms with Gasteiger partial charge in [0.25, 0.3) is 11.8 Å². The van der Waals surface area contributed by atoms with Gasteiger partial charge in [-0.1, -0.05) is 30.3 Å². The molecule has 1 unspecified atom stereocenters. The van der Waals surface area contributed by atoms with Gasteiger partial charge in [0, 0.05) is 18.2 Å². The van der Waals surface area contributed by atoms with Crippen LogP contribution in [0.25, 0.3) is 17.1 Å². The molecule has 4 rings (SSSR count). The Labute approximate surface area is 173 Å². The van der Waals surface area contributed by atoms with Crippen molar-refractivity contribution < 1.29 is 14.1 Å². The van der Waals surface area contributed by atoms with Crippen molar-refractivity contribution in [2.75, 3.05) is 0 Å². The highest BCUT2D eigenvalue weighted by atomic mass is 16.5. The summed E-state index contributed by atoms with van der Waals surface area (Å²) in [7, 11) is 0. The summed E-state index contributed by atoms with van der Waals surface area (Å²) in [6.45, 7) is 3.99. The van der Waals surface area contributed by atoms with Crippen molar-refractivity contribution in [1.82, 2.24) is 30.1 Å². The predicted octanol–water partition coefficient (Wildman–Crippen LogP) is 2.82. The standard InChI is InChI=1S/C21H22N6O3/c1-3-7-17-23-21(30-26-17)15-10-11-27-18(12-15)24-25-19(27)13-22-20(28)14(2)29-16-8-5-4-6-9-16/h4-6,8-12,14H,3,7,13H2,1-2H3,(H,22,28). The monoisotopic (exact) mass is 406 g/mol. The molecule has 0 spiro atoms. The molecule has 0 aliphatic heterocycles. The minimum atomic E-state index is -0.631. The number of carbonyl (C=O) groups excluding carboxylic acids is 1. The van der Waals surface area contributed by atoms with Crippen molar-refractivity contribution in [3.8, 4) is 17.2 Å². The molecule has 0 bridgehead atoms. The van der Waals surface area contributed by atoms with Crippen LogP contribution >= 0.6 is 0 Å². The Bertz CT molecular complexity index is 1140. The lowest BCUT2D eigenvalue weighted by molar-refractivity contribution is -0.127. The maximum absolute atomic E-state index is 12.4. The lowest BCUT2D eigenvalue weighted by Gasteiger charge is -2.14. The summed E-state index contributed by atoms with van der Waals surface area (Å²) in [5.74, 6) is 2.15. The Balaban J connectivity index is 1.41. The normalized spacial score (nSPS) is 12.1. The van der Waals surface area contributed by atoms with Crippen molar-refractivity contribution in [3.63, 3.8) is 0 Å². The van der Waals surface area contributed by atoms with Crippen molar-refractivity contribution in [2.24, 2.45) is 0 Å². The van der Waals surface area contributed by atoms with Gasteiger partial charge in [0.2, 0.25) is 0 Å². The number of ether oxygens (including phenoxy) is 1. The third kappa shape index (κ3) is 4.29. The molecule has 9 nitrogen and oxygen atoms in total. The minimum Gasteiger partial charge on any atom is -0.481 e. The summed E-state index contributed by atoms with van der Waals surface area (Å²) in [6.07, 6.45) is 2.91. The van der Waals surface area contributed by atoms with Crippen molar-refractivity contribution in [3.05, 3.63) is 60.3 Å². The van der Waals surface area contributed by atoms with Gasteiger partial charge in [0.1, 0.15) is 5.75 Å². The average molecular weight is 406 g/mol. The smallest absolute Gasteiger partial charge is 0.261 e. The summed E-state index contributed by atoms with van der Waals surface area (Å²) in [6, 6.07) is 12.9. The van der Waals surface area contributed by atoms with Gasteiger partial charge in [-0.2, -0.15) is 4.98 Å². The number of benzene rings is 1. The second kappa shape index (κ2) is 8.73. The van der Waals surface area contributed by atoms with Gasteiger partial charge >= 0.3 is 0 Å². The third-order valence-electron chi connectivity index (χ3n) is 4.52. The van der Waals surface area contributed by atoms with Crippen LogP contribution in [0.2, 0.25) is 0 Å². The fourth-order valence-electron chi connectivity index (χ4n) is 2.96. The van der Waals surface area contributed by atoms with E-state index in [1.807, 2.05) is 48.7 Å². The number of carbonyl (C=O) groups is 1. The maximum Gasteiger partial charge on any atom is 0.261 e. The second-order valence-electron chi connectivity index (χ2n) is 6.82. The first kappa shape index (κ1) is 19.6. The highest BCUT2D eigenvalue weighted by molar-refractivity contribution is 5.80. The lowest BCUT2D eigenvalue weighted by atomic mass is 10.2. The quantitative estimate of drug-likeness (QED) is 0.479. The summed E-state index contributed by atoms with van der Waals surface area (Å²) >= 11 is 0. The largest absolute Gasteiger partial charge is 0.481 e. The second-order valence-corrected chi connectivity index (χ2v) is 6.82. The number of hydrogen-bond acceptors (Lipinski definition) is 7. The summed E-state index contributed by atoms with van der Waals surface area (Å²) < 4.78 is 12.8. The van der Waals surface area contributed by atoms with Crippen LogP contribution in [0.15, 0.2) is 53.2 Å². The Hall–Kier alpha value is -3.75. The van der Waals surface area contributed by atoms with Crippen LogP contribution in [0, 0.1) is 0 Å². The molecule has 1 atom stereocenters. The Kier molecular flexibility index (Phi) is 5.69. The molecule has 3 heterocycles. The molecule has 9 heteroatoms. The fourth-order valence-corrected chi connectivity index (χ4v) is 2.96. The number of aryl methyl sites for hydroxylation is 1. The average Bonchev–Trinajstić information content (AvgIpc) is 3.39. The van der Waals surface area contributed by atoms with E-state index in [1.54, 1.807) is 11.3 Å². The molecule has 1 aromatic carbocycles. The third-order valence-corrected chi connectivity index (χ3v) is 4.52. The van der Waals surface area contributed by atoms with Gasteiger partial charge in [-0.05, 0) is 37.6 Å². The van der Waals surface area contributed by atoms with E-state index in [0.717, 1.165) is 18.4 Å². The van der Waals surface area contributed by atoms with Crippen molar-refractivity contribution in [2.45, 2.75) is 39.3 Å². The first-order chi connectivity index (χ1) is 14.6. The molecule has 4 aromatic rings. The first-order valence-corrected chi connectivity index (χ1v) is 9.80. The highest BCUT2D eigenvalue weighted by Crippen LogP contribution is 2.19. The molecule has 154 valence electrons. The van der Waals surface area contributed by atoms with Gasteiger partial charge in [-0.25, -0.2) is 0 Å². The van der Waals surface area contributed by atoms with E-state index in [0.29, 0.717) is 28.9 Å². The molecule has 0 saturated carbocycles. The van der Waals surface area contributed by atoms with E-state index >= 15 is 0 Å². The molecular weight excluding hydrogens is 384 g/mol. The molecule has 1 amide bonds. The summed E-state index contributed by atoms with van der Waals surface area (Å²) in [4.78, 5) is 16.7. The van der Waals surface area contributed by atoms with E-state index in [1.165, 1.54) is 0 Å². The molecule has 0 aliphatic rings. The number of para-hydroxylation sites is 1. The number of hydrogen-bond donors (Lipinski definition) is 1. The maximum atomic E-state index is 12.4. The van der Waals surface area contributed by atoms with Gasteiger partial charge in [-0.3, -0.25) is 9.20 Å². The van der Waals surface area contributed by atoms with E-state index in [-0.39, 0.29) is 12.5 Å². The topological polar surface area (TPSA) is 107 Å². The highest BCUT2D eigenvalue weighted by Gasteiger charge is 2.16. The zero-order chi connectivity index (χ0) is 20.9. The molecule has 0 saturated heterocycles. The number of nitrogens with zero attached hydrogens (tertiary/aromatic N) is 5. The minimum absolute atomic E-state index is 0.225. The SMILES string of the molecule is CCCc1noc(-c2ccn3c(CNC(=O)C(C)Oc4ccccc4)nnc3c2)n1. The number of amides is 1. The predicted molar refractivity (Wildman–Crippen MR) is 109 cm³/mol. The molecule has 0 aliphatic carbocycles. The zero-order valence-corrected chi connectivity index (χ0v) is 16.8. The van der Waals surface area contributed by atoms with Crippen LogP contribution in [-0.4, -0.2) is 36.7 Å². The van der Waals surface area contributed by atoms with Crippen LogP contribution in [0.4, 0.5) is 0 Å². The number of aromatic nitrogens is 5. The molecular formula is C21H22N6O3. The summed E-state index contributed by atoms with van der Waals surface area (Å²) in [5, 5.41) is 15.2. The molecule has 0 radical (unpaired) electrons. The van der Waals surface area contributed by atoms with Gasteiger partial charge in [-0.15, -0.1) is 10.2 Å². The van der Waals surface area contributed by atoms with Crippen LogP contribution in [-0.2, 0) is 17.8 Å². The molecule has 3 aromatic heterocycles. The van der Waals surface area contributed by atoms with Crippen molar-refractivity contribution in [1.29, 1.82) is 0 Å². The number of fused-ring (bicyclic) bond motifs is 1. The molecule has 1 N–H and O–H groups in total. The van der Waals surface area contributed by atoms with Gasteiger partial charge in [0.05, 0.1) is 6.54 Å². The number of rotatable bonds is 8. The zero-order valence-electron chi connectivity index (χ0n) is 16.8. The Morgan fingerprint density at radius 3 is 2.87 bits per heavy atom. The fraction of sp³-hybridized carbons (Fsp3) is 0.286. The van der Waals surface area contributed by atoms with E-state index in [4.69, 9.17) is 9.26 Å². The van der Waals surface area contributed by atoms with Crippen LogP contribution in [0.5, 0.6) is 5.75 Å². The van der Waals surface area contributed by atoms with E-state index in [9.17, 15) is 4.79 Å². The van der Waals surface area contributed by atoms with Crippen LogP contribution in [0.1, 0.15) is 31.9 Å². The molecule has 0 fully saturated rings. The van der Waals surface area contributed by atoms with Gasteiger partial charge in [0.15, 0.2) is 23.4 Å². The van der Waals surface area contributed by atoms with E-state index in [2.05, 4.69) is 32.6 Å². The Morgan fingerprint density at radius 1 is 1.23 bits per heavy atom. The lowest BCUT2D eigenvalue weighted by Crippen LogP contribution is -2.36. The van der Waals surface area contributed by atoms with Crippen LogP contribution in [0.3, 0.4) is 0 Å². The molecule has 30 heavy (non-hydrogen) atoms. The summed E-state index contributed by atoms with van der Waals surface area (Å²) in [5.41, 5.74) is 1.39. The Morgan fingerprint density at radius 2 is 2.07 bits per heavy atom. The van der Waals surface area contributed by atoms with Gasteiger partial charge < -0.3 is 14.6 Å². The van der Waals surface area contributed by atoms with Crippen LogP contribution < -0.4 is 10.1 Å². The number of pyridine rings is 1.